The van der Waals surface area contributed by atoms with E-state index in [0.717, 1.165) is 12.8 Å². The number of nitrogens with one attached hydrogen (secondary N) is 2. The predicted octanol–water partition coefficient (Wildman–Crippen LogP) is -1.64. The van der Waals surface area contributed by atoms with Gasteiger partial charge in [0, 0.05) is 13.7 Å². The first-order valence-corrected chi connectivity index (χ1v) is 6.38. The van der Waals surface area contributed by atoms with Crippen molar-refractivity contribution in [3.05, 3.63) is 0 Å². The Morgan fingerprint density at radius 2 is 2.40 bits per heavy atom. The molecule has 0 saturated carbocycles. The van der Waals surface area contributed by atoms with Crippen LogP contribution in [0.25, 0.3) is 0 Å². The molecular formula is C7H16N4O3S. The average molecular weight is 236 g/mol. The quantitative estimate of drug-likeness (QED) is 0.611. The molecule has 1 heterocycles. The van der Waals surface area contributed by atoms with E-state index in [9.17, 15) is 8.42 Å². The molecule has 0 atom stereocenters. The second-order valence-corrected chi connectivity index (χ2v) is 4.99. The van der Waals surface area contributed by atoms with Crippen LogP contribution in [0.1, 0.15) is 0 Å². The van der Waals surface area contributed by atoms with Gasteiger partial charge in [-0.2, -0.15) is 0 Å². The van der Waals surface area contributed by atoms with Crippen LogP contribution in [0.4, 0.5) is 0 Å². The van der Waals surface area contributed by atoms with Crippen LogP contribution in [0.3, 0.4) is 0 Å². The van der Waals surface area contributed by atoms with Crippen molar-refractivity contribution >= 4 is 16.0 Å². The van der Waals surface area contributed by atoms with Crippen molar-refractivity contribution in [2.75, 3.05) is 39.9 Å². The monoisotopic (exact) mass is 236 g/mol. The minimum atomic E-state index is -3.24. The summed E-state index contributed by atoms with van der Waals surface area (Å²) in [4.78, 5) is 6.03. The molecule has 0 unspecified atom stereocenters. The number of sulfonamides is 1. The van der Waals surface area contributed by atoms with E-state index in [-0.39, 0.29) is 0 Å². The predicted molar refractivity (Wildman–Crippen MR) is 56.9 cm³/mol. The number of ether oxygens (including phenoxy) is 1. The maximum absolute atomic E-state index is 10.9. The Balaban J connectivity index is 2.38. The molecule has 2 N–H and O–H groups in total. The minimum Gasteiger partial charge on any atom is -0.383 e. The van der Waals surface area contributed by atoms with E-state index in [0.29, 0.717) is 25.9 Å². The van der Waals surface area contributed by atoms with E-state index >= 15 is 0 Å². The highest BCUT2D eigenvalue weighted by Gasteiger charge is 2.13. The highest BCUT2D eigenvalue weighted by atomic mass is 32.2. The summed E-state index contributed by atoms with van der Waals surface area (Å²) in [6, 6.07) is 0. The summed E-state index contributed by atoms with van der Waals surface area (Å²) in [5.74, 6) is 0.297. The minimum absolute atomic E-state index is 0.297. The number of hydrogen-bond donors (Lipinski definition) is 2. The first kappa shape index (κ1) is 12.2. The Morgan fingerprint density at radius 1 is 1.67 bits per heavy atom. The first-order valence-electron chi connectivity index (χ1n) is 4.48. The van der Waals surface area contributed by atoms with Crippen LogP contribution < -0.4 is 10.0 Å². The van der Waals surface area contributed by atoms with E-state index in [1.54, 1.807) is 7.11 Å². The zero-order valence-corrected chi connectivity index (χ0v) is 9.67. The van der Waals surface area contributed by atoms with Gasteiger partial charge in [0.15, 0.2) is 0 Å². The number of nitrogens with zero attached hydrogens (tertiary/aromatic N) is 2. The lowest BCUT2D eigenvalue weighted by atomic mass is 10.5. The molecule has 1 rings (SSSR count). The largest absolute Gasteiger partial charge is 0.383 e. The van der Waals surface area contributed by atoms with Crippen LogP contribution in [0, 0.1) is 0 Å². The van der Waals surface area contributed by atoms with Crippen LogP contribution >= 0.6 is 0 Å². The zero-order valence-electron chi connectivity index (χ0n) is 8.86. The SMILES string of the molecule is COCCN1CN=C(NS(C)(=O)=O)NC1. The van der Waals surface area contributed by atoms with Gasteiger partial charge in [0.25, 0.3) is 0 Å². The molecule has 88 valence electrons. The molecule has 0 aromatic heterocycles. The third-order valence-corrected chi connectivity index (χ3v) is 2.36. The lowest BCUT2D eigenvalue weighted by Crippen LogP contribution is -2.50. The molecule has 1 aliphatic rings. The van der Waals surface area contributed by atoms with Gasteiger partial charge in [0.1, 0.15) is 0 Å². The second-order valence-electron chi connectivity index (χ2n) is 3.24. The number of rotatable bonds is 4. The molecule has 8 heteroatoms. The molecule has 0 fully saturated rings. The maximum atomic E-state index is 10.9. The summed E-state index contributed by atoms with van der Waals surface area (Å²) in [5, 5.41) is 2.86. The second kappa shape index (κ2) is 5.29. The van der Waals surface area contributed by atoms with E-state index < -0.39 is 10.0 Å². The molecule has 7 nitrogen and oxygen atoms in total. The van der Waals surface area contributed by atoms with Crippen LogP contribution in [-0.4, -0.2) is 59.1 Å². The summed E-state index contributed by atoms with van der Waals surface area (Å²) in [5.41, 5.74) is 0. The Labute approximate surface area is 89.6 Å². The van der Waals surface area contributed by atoms with Gasteiger partial charge in [-0.05, 0) is 0 Å². The Hall–Kier alpha value is -0.860. The third kappa shape index (κ3) is 4.96. The lowest BCUT2D eigenvalue weighted by Gasteiger charge is -2.26. The van der Waals surface area contributed by atoms with Crippen molar-refractivity contribution in [1.82, 2.24) is 14.9 Å². The van der Waals surface area contributed by atoms with Crippen molar-refractivity contribution in [1.29, 1.82) is 0 Å². The average Bonchev–Trinajstić information content (AvgIpc) is 2.14. The molecule has 0 spiro atoms. The molecule has 0 amide bonds. The van der Waals surface area contributed by atoms with Gasteiger partial charge in [-0.3, -0.25) is 9.62 Å². The molecule has 1 aliphatic heterocycles. The first-order chi connectivity index (χ1) is 7.01. The standard InChI is InChI=1S/C7H16N4O3S/c1-14-4-3-11-5-8-7(9-6-11)10-15(2,12)13/h3-6H2,1-2H3,(H2,8,9,10). The summed E-state index contributed by atoms with van der Waals surface area (Å²) in [7, 11) is -1.61. The smallest absolute Gasteiger partial charge is 0.232 e. The lowest BCUT2D eigenvalue weighted by molar-refractivity contribution is 0.144. The summed E-state index contributed by atoms with van der Waals surface area (Å²) in [6.07, 6.45) is 1.09. The molecule has 0 bridgehead atoms. The molecule has 0 saturated heterocycles. The van der Waals surface area contributed by atoms with Crippen molar-refractivity contribution in [3.8, 4) is 0 Å². The van der Waals surface area contributed by atoms with E-state index in [1.807, 2.05) is 4.90 Å². The maximum Gasteiger partial charge on any atom is 0.232 e. The van der Waals surface area contributed by atoms with Crippen molar-refractivity contribution in [3.63, 3.8) is 0 Å². The Kier molecular flexibility index (Phi) is 4.30. The number of aliphatic imine (C=N–C) groups is 1. The normalized spacial score (nSPS) is 18.1. The van der Waals surface area contributed by atoms with Gasteiger partial charge >= 0.3 is 0 Å². The molecular weight excluding hydrogens is 220 g/mol. The van der Waals surface area contributed by atoms with E-state index in [2.05, 4.69) is 15.0 Å². The number of methoxy groups -OCH3 is 1. The van der Waals surface area contributed by atoms with Gasteiger partial charge in [0.05, 0.1) is 26.2 Å². The Morgan fingerprint density at radius 3 is 2.87 bits per heavy atom. The van der Waals surface area contributed by atoms with Crippen LogP contribution in [0.15, 0.2) is 4.99 Å². The van der Waals surface area contributed by atoms with Crippen molar-refractivity contribution in [2.24, 2.45) is 4.99 Å². The van der Waals surface area contributed by atoms with Crippen molar-refractivity contribution in [2.45, 2.75) is 0 Å². The van der Waals surface area contributed by atoms with Crippen molar-refractivity contribution < 1.29 is 13.2 Å². The third-order valence-electron chi connectivity index (χ3n) is 1.79. The summed E-state index contributed by atoms with van der Waals surface area (Å²) >= 11 is 0. The summed E-state index contributed by atoms with van der Waals surface area (Å²) in [6.45, 7) is 2.42. The zero-order chi connectivity index (χ0) is 11.3. The topological polar surface area (TPSA) is 83.0 Å². The fourth-order valence-electron chi connectivity index (χ4n) is 1.08. The van der Waals surface area contributed by atoms with E-state index in [1.165, 1.54) is 0 Å². The number of hydrogen-bond acceptors (Lipinski definition) is 6. The number of guanidine groups is 1. The van der Waals surface area contributed by atoms with E-state index in [4.69, 9.17) is 4.74 Å². The van der Waals surface area contributed by atoms with Gasteiger partial charge in [-0.25, -0.2) is 13.4 Å². The van der Waals surface area contributed by atoms with Crippen LogP contribution in [0.5, 0.6) is 0 Å². The van der Waals surface area contributed by atoms with Gasteiger partial charge in [-0.1, -0.05) is 0 Å². The summed E-state index contributed by atoms with van der Waals surface area (Å²) < 4.78 is 29.0. The Bertz CT molecular complexity index is 327. The fourth-order valence-corrected chi connectivity index (χ4v) is 1.57. The highest BCUT2D eigenvalue weighted by molar-refractivity contribution is 7.89. The highest BCUT2D eigenvalue weighted by Crippen LogP contribution is 1.93. The molecule has 0 radical (unpaired) electrons. The molecule has 0 aliphatic carbocycles. The molecule has 15 heavy (non-hydrogen) atoms. The van der Waals surface area contributed by atoms with Gasteiger partial charge in [-0.15, -0.1) is 0 Å². The van der Waals surface area contributed by atoms with Gasteiger partial charge in [0.2, 0.25) is 16.0 Å². The van der Waals surface area contributed by atoms with Crippen LogP contribution in [0.2, 0.25) is 0 Å². The van der Waals surface area contributed by atoms with Gasteiger partial charge < -0.3 is 10.1 Å². The molecule has 0 aromatic rings. The van der Waals surface area contributed by atoms with Crippen LogP contribution in [-0.2, 0) is 14.8 Å². The molecule has 0 aromatic carbocycles. The fraction of sp³-hybridized carbons (Fsp3) is 0.857.